The van der Waals surface area contributed by atoms with Crippen molar-refractivity contribution in [1.82, 2.24) is 24.8 Å². The van der Waals surface area contributed by atoms with Crippen LogP contribution in [0.2, 0.25) is 0 Å². The molecule has 322 valence electrons. The van der Waals surface area contributed by atoms with Gasteiger partial charge in [-0.25, -0.2) is 27.0 Å². The lowest BCUT2D eigenvalue weighted by molar-refractivity contribution is -0.156. The Morgan fingerprint density at radius 1 is 1.12 bits per heavy atom. The molecule has 0 spiro atoms. The molecule has 3 aliphatic heterocycles. The number of halogens is 2. The van der Waals surface area contributed by atoms with E-state index in [1.54, 1.807) is 26.1 Å². The van der Waals surface area contributed by atoms with Crippen molar-refractivity contribution in [3.63, 3.8) is 0 Å². The maximum absolute atomic E-state index is 15.4. The van der Waals surface area contributed by atoms with Crippen LogP contribution in [0.3, 0.4) is 0 Å². The Morgan fingerprint density at radius 3 is 2.53 bits per heavy atom. The molecule has 17 heteroatoms. The average molecular weight is 844 g/mol. The van der Waals surface area contributed by atoms with Crippen LogP contribution in [0, 0.1) is 17.8 Å². The largest absolute Gasteiger partial charge is 0.493 e. The molecule has 7 atom stereocenters. The molecule has 2 aliphatic carbocycles. The van der Waals surface area contributed by atoms with Crippen LogP contribution in [-0.4, -0.2) is 105 Å². The molecule has 7 rings (SSSR count). The lowest BCUT2D eigenvalue weighted by atomic mass is 9.84. The van der Waals surface area contributed by atoms with Gasteiger partial charge in [-0.1, -0.05) is 32.1 Å². The fraction of sp³-hybridized carbons (Fsp3) is 0.643. The molecule has 5 aliphatic rings. The number of nitrogens with zero attached hydrogens (tertiary/aromatic N) is 3. The molecular weight excluding hydrogens is 789 g/mol. The number of carboxylic acid groups (broad SMARTS) is 1. The number of aromatic nitrogens is 1. The number of benzene rings is 1. The van der Waals surface area contributed by atoms with Gasteiger partial charge in [0.15, 0.2) is 0 Å². The number of fused-ring (bicyclic) bond motifs is 5. The third kappa shape index (κ3) is 7.83. The number of pyridine rings is 1. The Balaban J connectivity index is 1.29. The van der Waals surface area contributed by atoms with Gasteiger partial charge in [-0.15, -0.1) is 0 Å². The van der Waals surface area contributed by atoms with Gasteiger partial charge in [0.25, 0.3) is 11.8 Å². The van der Waals surface area contributed by atoms with E-state index in [1.807, 2.05) is 31.2 Å². The van der Waals surface area contributed by atoms with Crippen LogP contribution < -0.4 is 19.5 Å². The number of nitrogens with one attached hydrogen (secondary N) is 2. The maximum Gasteiger partial charge on any atom is 0.408 e. The fourth-order valence-corrected chi connectivity index (χ4v) is 10.3. The fourth-order valence-electron chi connectivity index (χ4n) is 8.96. The highest BCUT2D eigenvalue weighted by molar-refractivity contribution is 7.91. The minimum Gasteiger partial charge on any atom is -0.493 e. The lowest BCUT2D eigenvalue weighted by Crippen LogP contribution is -2.66. The zero-order chi connectivity index (χ0) is 42.9. The Kier molecular flexibility index (Phi) is 11.0. The van der Waals surface area contributed by atoms with Crippen molar-refractivity contribution in [2.45, 2.75) is 139 Å². The SMILES string of the molecule is C[C@@H]1CCC=C[C@@H]2C[C@@]2(C(=O)NS(=O)(=O)C2(C)CC2)NC(=O)[C@@H]2C[C@@H](Oc3nccc4c5c(ccc34)CCCO5)CN2C(=O)[C@@H](N(C(=O)O)C(C)(C)C(C)(F)F)[C@H](C)C1. The highest BCUT2D eigenvalue weighted by Gasteiger charge is 2.63. The molecule has 1 aromatic heterocycles. The summed E-state index contributed by atoms with van der Waals surface area (Å²) in [5, 5.41) is 14.9. The first-order valence-corrected chi connectivity index (χ1v) is 22.0. The number of allylic oxidation sites excluding steroid dienone is 1. The van der Waals surface area contributed by atoms with Crippen LogP contribution >= 0.6 is 0 Å². The number of aryl methyl sites for hydroxylation is 1. The number of carbonyl (C=O) groups is 4. The maximum atomic E-state index is 15.4. The highest BCUT2D eigenvalue weighted by atomic mass is 32.2. The van der Waals surface area contributed by atoms with Crippen molar-refractivity contribution in [3.8, 4) is 11.6 Å². The Labute approximate surface area is 343 Å². The summed E-state index contributed by atoms with van der Waals surface area (Å²) in [4.78, 5) is 63.1. The average Bonchev–Trinajstić information content (AvgIpc) is 4.04. The highest BCUT2D eigenvalue weighted by Crippen LogP contribution is 2.48. The molecule has 2 aromatic rings. The smallest absolute Gasteiger partial charge is 0.408 e. The number of hydrogen-bond donors (Lipinski definition) is 3. The minimum atomic E-state index is -4.09. The number of alkyl halides is 2. The van der Waals surface area contributed by atoms with E-state index >= 15 is 13.6 Å². The Morgan fingerprint density at radius 2 is 1.85 bits per heavy atom. The van der Waals surface area contributed by atoms with Gasteiger partial charge in [-0.05, 0) is 102 Å². The number of sulfonamides is 1. The van der Waals surface area contributed by atoms with Crippen LogP contribution in [0.15, 0.2) is 36.5 Å². The summed E-state index contributed by atoms with van der Waals surface area (Å²) in [5.74, 6) is -6.64. The van der Waals surface area contributed by atoms with Gasteiger partial charge in [-0.2, -0.15) is 0 Å². The molecule has 4 amide bonds. The number of rotatable bonds is 8. The van der Waals surface area contributed by atoms with Crippen molar-refractivity contribution in [3.05, 3.63) is 42.1 Å². The standard InChI is InChI=1S/C42H55F2N5O9S/c1-24-10-7-8-12-27-22-42(27,37(52)47-59(55,56)40(5)16-17-40)46-34(50)31-21-28(58-35-30-14-13-26-11-9-19-57-33(26)29(30)15-18-45-35)23-48(31)36(51)32(25(2)20-24)49(38(53)54)39(3,4)41(6,43)44/h8,12-15,18,24-25,27-28,31-32H,7,9-11,16-17,19-23H2,1-6H3,(H,46,50)(H,47,52)(H,53,54)/t24-,25-,27-,28-,31+,32+,42-/m1/s1. The van der Waals surface area contributed by atoms with Gasteiger partial charge in [-0.3, -0.25) is 24.0 Å². The predicted molar refractivity (Wildman–Crippen MR) is 213 cm³/mol. The second-order valence-electron chi connectivity index (χ2n) is 18.2. The minimum absolute atomic E-state index is 0.0926. The molecule has 1 aromatic carbocycles. The van der Waals surface area contributed by atoms with Crippen LogP contribution in [0.25, 0.3) is 10.8 Å². The van der Waals surface area contributed by atoms with Gasteiger partial charge < -0.3 is 24.8 Å². The molecular formula is C42H55F2N5O9S. The van der Waals surface area contributed by atoms with Crippen molar-refractivity contribution in [2.24, 2.45) is 17.8 Å². The molecule has 0 radical (unpaired) electrons. The first-order chi connectivity index (χ1) is 27.6. The second kappa shape index (κ2) is 15.2. The summed E-state index contributed by atoms with van der Waals surface area (Å²) < 4.78 is 70.9. The normalized spacial score (nSPS) is 29.7. The molecule has 2 saturated carbocycles. The molecule has 14 nitrogen and oxygen atoms in total. The van der Waals surface area contributed by atoms with E-state index in [0.29, 0.717) is 55.9 Å². The van der Waals surface area contributed by atoms with E-state index in [2.05, 4.69) is 15.0 Å². The van der Waals surface area contributed by atoms with Gasteiger partial charge >= 0.3 is 6.09 Å². The molecule has 0 bridgehead atoms. The van der Waals surface area contributed by atoms with E-state index < -0.39 is 85.6 Å². The first kappa shape index (κ1) is 42.6. The second-order valence-corrected chi connectivity index (χ2v) is 20.4. The first-order valence-electron chi connectivity index (χ1n) is 20.6. The molecule has 3 fully saturated rings. The van der Waals surface area contributed by atoms with E-state index in [9.17, 15) is 27.9 Å². The topological polar surface area (TPSA) is 185 Å². The summed E-state index contributed by atoms with van der Waals surface area (Å²) in [7, 11) is -4.09. The Hall–Kier alpha value is -4.54. The monoisotopic (exact) mass is 843 g/mol. The number of ether oxygens (including phenoxy) is 2. The third-order valence-corrected chi connectivity index (χ3v) is 15.6. The zero-order valence-electron chi connectivity index (χ0n) is 34.4. The summed E-state index contributed by atoms with van der Waals surface area (Å²) in [6.45, 7) is 8.19. The number of amides is 4. The summed E-state index contributed by atoms with van der Waals surface area (Å²) in [5.41, 5.74) is -2.98. The number of hydrogen-bond acceptors (Lipinski definition) is 9. The summed E-state index contributed by atoms with van der Waals surface area (Å²) >= 11 is 0. The quantitative estimate of drug-likeness (QED) is 0.284. The Bertz CT molecular complexity index is 2170. The van der Waals surface area contributed by atoms with E-state index in [4.69, 9.17) is 9.47 Å². The van der Waals surface area contributed by atoms with Crippen molar-refractivity contribution >= 4 is 44.6 Å². The van der Waals surface area contributed by atoms with Crippen LogP contribution in [0.4, 0.5) is 13.6 Å². The van der Waals surface area contributed by atoms with Gasteiger partial charge in [0.2, 0.25) is 27.7 Å². The number of carbonyl (C=O) groups excluding carboxylic acids is 3. The summed E-state index contributed by atoms with van der Waals surface area (Å²) in [6.07, 6.45) is 6.45. The molecule has 0 unspecified atom stereocenters. The van der Waals surface area contributed by atoms with Crippen LogP contribution in [0.5, 0.6) is 11.6 Å². The van der Waals surface area contributed by atoms with Gasteiger partial charge in [0, 0.05) is 36.2 Å². The van der Waals surface area contributed by atoms with Crippen molar-refractivity contribution < 1.29 is 51.0 Å². The predicted octanol–water partition coefficient (Wildman–Crippen LogP) is 5.58. The molecule has 1 saturated heterocycles. The van der Waals surface area contributed by atoms with E-state index in [-0.39, 0.29) is 31.2 Å². The zero-order valence-corrected chi connectivity index (χ0v) is 35.2. The molecule has 59 heavy (non-hydrogen) atoms. The van der Waals surface area contributed by atoms with Crippen LogP contribution in [0.1, 0.15) is 98.5 Å². The summed E-state index contributed by atoms with van der Waals surface area (Å²) in [6, 6.07) is 2.60. The van der Waals surface area contributed by atoms with Crippen LogP contribution in [-0.2, 0) is 30.8 Å². The third-order valence-electron chi connectivity index (χ3n) is 13.4. The van der Waals surface area contributed by atoms with Crippen molar-refractivity contribution in [2.75, 3.05) is 13.2 Å². The molecule has 4 heterocycles. The van der Waals surface area contributed by atoms with Gasteiger partial charge in [0.05, 0.1) is 17.9 Å². The van der Waals surface area contributed by atoms with Gasteiger partial charge in [0.1, 0.15) is 35.0 Å². The van der Waals surface area contributed by atoms with E-state index in [1.165, 1.54) is 4.90 Å². The van der Waals surface area contributed by atoms with E-state index in [0.717, 1.165) is 43.4 Å². The van der Waals surface area contributed by atoms with Crippen molar-refractivity contribution in [1.29, 1.82) is 0 Å². The lowest BCUT2D eigenvalue weighted by Gasteiger charge is -2.47. The molecule has 3 N–H and O–H groups in total.